The summed E-state index contributed by atoms with van der Waals surface area (Å²) in [6.45, 7) is 6.33. The molecule has 1 unspecified atom stereocenters. The number of rotatable bonds is 5. The van der Waals surface area contributed by atoms with Crippen LogP contribution in [0.2, 0.25) is 0 Å². The number of aromatic nitrogens is 4. The molecule has 0 aliphatic rings. The molecule has 4 nitrogen and oxygen atoms in total. The minimum absolute atomic E-state index is 0.167. The maximum Gasteiger partial charge on any atom is 0.210 e. The highest BCUT2D eigenvalue weighted by Gasteiger charge is 2.21. The van der Waals surface area contributed by atoms with Gasteiger partial charge < -0.3 is 0 Å². The minimum Gasteiger partial charge on any atom is -0.218 e. The topological polar surface area (TPSA) is 43.6 Å². The van der Waals surface area contributed by atoms with E-state index in [9.17, 15) is 0 Å². The van der Waals surface area contributed by atoms with Gasteiger partial charge in [0, 0.05) is 0 Å². The van der Waals surface area contributed by atoms with E-state index in [0.29, 0.717) is 0 Å². The zero-order valence-corrected chi connectivity index (χ0v) is 14.4. The van der Waals surface area contributed by atoms with Gasteiger partial charge in [0.1, 0.15) is 0 Å². The number of hydrogen-bond donors (Lipinski definition) is 0. The minimum atomic E-state index is 0.167. The SMILES string of the molecule is Cc1ccccc1C(Sc1nnnn1C(C)C)c1ccccc1. The number of aryl methyl sites for hydroxylation is 1. The van der Waals surface area contributed by atoms with Crippen LogP contribution in [0.4, 0.5) is 0 Å². The second-order valence-corrected chi connectivity index (χ2v) is 6.84. The molecule has 0 fully saturated rings. The second kappa shape index (κ2) is 6.96. The van der Waals surface area contributed by atoms with Crippen LogP contribution in [-0.2, 0) is 0 Å². The van der Waals surface area contributed by atoms with Crippen molar-refractivity contribution in [3.05, 3.63) is 71.3 Å². The summed E-state index contributed by atoms with van der Waals surface area (Å²) in [5, 5.41) is 13.2. The molecule has 0 radical (unpaired) electrons. The van der Waals surface area contributed by atoms with Crippen molar-refractivity contribution in [3.8, 4) is 0 Å². The Kier molecular flexibility index (Phi) is 4.76. The van der Waals surface area contributed by atoms with E-state index >= 15 is 0 Å². The van der Waals surface area contributed by atoms with Crippen molar-refractivity contribution in [1.29, 1.82) is 0 Å². The number of hydrogen-bond acceptors (Lipinski definition) is 4. The van der Waals surface area contributed by atoms with E-state index in [1.165, 1.54) is 16.7 Å². The van der Waals surface area contributed by atoms with Gasteiger partial charge in [-0.15, -0.1) is 5.10 Å². The highest BCUT2D eigenvalue weighted by atomic mass is 32.2. The molecule has 1 heterocycles. The maximum atomic E-state index is 4.22. The van der Waals surface area contributed by atoms with E-state index in [0.717, 1.165) is 5.16 Å². The molecule has 0 saturated heterocycles. The van der Waals surface area contributed by atoms with Gasteiger partial charge >= 0.3 is 0 Å². The molecule has 0 N–H and O–H groups in total. The third-order valence-corrected chi connectivity index (χ3v) is 4.99. The van der Waals surface area contributed by atoms with Crippen molar-refractivity contribution >= 4 is 11.8 Å². The molecule has 23 heavy (non-hydrogen) atoms. The first-order chi connectivity index (χ1) is 11.2. The van der Waals surface area contributed by atoms with Crippen LogP contribution in [0.3, 0.4) is 0 Å². The van der Waals surface area contributed by atoms with Gasteiger partial charge in [0.2, 0.25) is 5.16 Å². The molecule has 2 aromatic carbocycles. The predicted octanol–water partition coefficient (Wildman–Crippen LogP) is 4.44. The monoisotopic (exact) mass is 324 g/mol. The molecule has 118 valence electrons. The van der Waals surface area contributed by atoms with Gasteiger partial charge in [-0.1, -0.05) is 66.4 Å². The Bertz CT molecular complexity index is 767. The number of tetrazole rings is 1. The fraction of sp³-hybridized carbons (Fsp3) is 0.278. The lowest BCUT2D eigenvalue weighted by molar-refractivity contribution is 0.477. The quantitative estimate of drug-likeness (QED) is 0.651. The van der Waals surface area contributed by atoms with Crippen LogP contribution in [0, 0.1) is 6.92 Å². The second-order valence-electron chi connectivity index (χ2n) is 5.76. The van der Waals surface area contributed by atoms with Crippen molar-refractivity contribution in [1.82, 2.24) is 20.2 Å². The highest BCUT2D eigenvalue weighted by molar-refractivity contribution is 7.99. The lowest BCUT2D eigenvalue weighted by Gasteiger charge is -2.19. The van der Waals surface area contributed by atoms with Gasteiger partial charge in [-0.3, -0.25) is 0 Å². The predicted molar refractivity (Wildman–Crippen MR) is 93.5 cm³/mol. The molecule has 0 saturated carbocycles. The molecule has 3 aromatic rings. The zero-order valence-electron chi connectivity index (χ0n) is 13.5. The fourth-order valence-electron chi connectivity index (χ4n) is 2.51. The van der Waals surface area contributed by atoms with Crippen LogP contribution in [0.1, 0.15) is 41.8 Å². The van der Waals surface area contributed by atoms with Crippen LogP contribution in [0.15, 0.2) is 59.8 Å². The molecule has 3 rings (SSSR count). The standard InChI is InChI=1S/C18H20N4S/c1-13(2)22-18(19-20-21-22)23-17(15-10-5-4-6-11-15)16-12-8-7-9-14(16)3/h4-13,17H,1-3H3. The van der Waals surface area contributed by atoms with Gasteiger partial charge in [-0.2, -0.15) is 0 Å². The number of thioether (sulfide) groups is 1. The summed E-state index contributed by atoms with van der Waals surface area (Å²) in [6, 6.07) is 19.2. The van der Waals surface area contributed by atoms with Crippen LogP contribution < -0.4 is 0 Å². The van der Waals surface area contributed by atoms with Crippen LogP contribution in [0.25, 0.3) is 0 Å². The van der Waals surface area contributed by atoms with Gasteiger partial charge in [-0.25, -0.2) is 4.68 Å². The fourth-order valence-corrected chi connectivity index (χ4v) is 3.85. The molecule has 0 aliphatic heterocycles. The third kappa shape index (κ3) is 3.45. The molecular weight excluding hydrogens is 304 g/mol. The normalized spacial score (nSPS) is 12.5. The molecule has 5 heteroatoms. The lowest BCUT2D eigenvalue weighted by atomic mass is 10.0. The average molecular weight is 324 g/mol. The first-order valence-electron chi connectivity index (χ1n) is 7.72. The Balaban J connectivity index is 2.03. The van der Waals surface area contributed by atoms with Gasteiger partial charge in [0.05, 0.1) is 11.3 Å². The third-order valence-electron chi connectivity index (χ3n) is 3.75. The van der Waals surface area contributed by atoms with Crippen LogP contribution >= 0.6 is 11.8 Å². The Morgan fingerprint density at radius 2 is 1.65 bits per heavy atom. The summed E-state index contributed by atoms with van der Waals surface area (Å²) >= 11 is 1.70. The summed E-state index contributed by atoms with van der Waals surface area (Å²) in [5.41, 5.74) is 3.82. The van der Waals surface area contributed by atoms with Gasteiger partial charge in [0.15, 0.2) is 0 Å². The summed E-state index contributed by atoms with van der Waals surface area (Å²) in [5.74, 6) is 0. The smallest absolute Gasteiger partial charge is 0.210 e. The van der Waals surface area contributed by atoms with Gasteiger partial charge in [-0.05, 0) is 47.9 Å². The van der Waals surface area contributed by atoms with E-state index in [1.54, 1.807) is 11.8 Å². The van der Waals surface area contributed by atoms with E-state index in [4.69, 9.17) is 0 Å². The van der Waals surface area contributed by atoms with Crippen LogP contribution in [0.5, 0.6) is 0 Å². The Labute approximate surface area is 140 Å². The van der Waals surface area contributed by atoms with Crippen molar-refractivity contribution in [2.75, 3.05) is 0 Å². The number of benzene rings is 2. The average Bonchev–Trinajstić information content (AvgIpc) is 3.03. The molecule has 0 aliphatic carbocycles. The summed E-state index contributed by atoms with van der Waals surface area (Å²) in [6.07, 6.45) is 0. The Morgan fingerprint density at radius 3 is 2.35 bits per heavy atom. The highest BCUT2D eigenvalue weighted by Crippen LogP contribution is 2.40. The lowest BCUT2D eigenvalue weighted by Crippen LogP contribution is -2.07. The summed E-state index contributed by atoms with van der Waals surface area (Å²) < 4.78 is 1.87. The van der Waals surface area contributed by atoms with Crippen LogP contribution in [-0.4, -0.2) is 20.2 Å². The maximum absolute atomic E-state index is 4.22. The summed E-state index contributed by atoms with van der Waals surface area (Å²) in [4.78, 5) is 0. The molecule has 1 aromatic heterocycles. The summed E-state index contributed by atoms with van der Waals surface area (Å²) in [7, 11) is 0. The van der Waals surface area contributed by atoms with Crippen molar-refractivity contribution in [2.45, 2.75) is 37.2 Å². The zero-order chi connectivity index (χ0) is 16.2. The molecule has 1 atom stereocenters. The molecule has 0 bridgehead atoms. The number of nitrogens with zero attached hydrogens (tertiary/aromatic N) is 4. The Hall–Kier alpha value is -2.14. The Morgan fingerprint density at radius 1 is 0.957 bits per heavy atom. The molecule has 0 amide bonds. The first kappa shape index (κ1) is 15.7. The van der Waals surface area contributed by atoms with E-state index in [1.807, 2.05) is 10.7 Å². The first-order valence-corrected chi connectivity index (χ1v) is 8.59. The largest absolute Gasteiger partial charge is 0.218 e. The van der Waals surface area contributed by atoms with Crippen molar-refractivity contribution in [2.24, 2.45) is 0 Å². The van der Waals surface area contributed by atoms with E-state index in [2.05, 4.69) is 84.8 Å². The van der Waals surface area contributed by atoms with Gasteiger partial charge in [0.25, 0.3) is 0 Å². The van der Waals surface area contributed by atoms with E-state index < -0.39 is 0 Å². The molecule has 0 spiro atoms. The van der Waals surface area contributed by atoms with Crippen molar-refractivity contribution < 1.29 is 0 Å². The van der Waals surface area contributed by atoms with E-state index in [-0.39, 0.29) is 11.3 Å². The molecular formula is C18H20N4S. The van der Waals surface area contributed by atoms with Crippen molar-refractivity contribution in [3.63, 3.8) is 0 Å².